The molecule has 0 radical (unpaired) electrons. The highest BCUT2D eigenvalue weighted by Gasteiger charge is 2.45. The lowest BCUT2D eigenvalue weighted by Crippen LogP contribution is -2.61. The van der Waals surface area contributed by atoms with Crippen molar-refractivity contribution in [2.75, 3.05) is 9.80 Å². The van der Waals surface area contributed by atoms with Crippen LogP contribution in [0.5, 0.6) is 0 Å². The zero-order valence-electron chi connectivity index (χ0n) is 37.4. The number of fused-ring (bicyclic) bond motifs is 18. The van der Waals surface area contributed by atoms with E-state index in [1.807, 2.05) is 11.3 Å². The van der Waals surface area contributed by atoms with Crippen molar-refractivity contribution in [3.8, 4) is 0 Å². The van der Waals surface area contributed by atoms with Gasteiger partial charge in [-0.15, -0.1) is 11.3 Å². The van der Waals surface area contributed by atoms with Crippen molar-refractivity contribution in [1.82, 2.24) is 0 Å². The van der Waals surface area contributed by atoms with Gasteiger partial charge in [0.05, 0.1) is 5.00 Å². The minimum atomic E-state index is 0.0408. The van der Waals surface area contributed by atoms with Gasteiger partial charge >= 0.3 is 0 Å². The highest BCUT2D eigenvalue weighted by molar-refractivity contribution is 7.26. The second-order valence-electron chi connectivity index (χ2n) is 19.2. The third-order valence-electron chi connectivity index (χ3n) is 15.0. The lowest BCUT2D eigenvalue weighted by molar-refractivity contribution is 0.867. The maximum atomic E-state index is 2.61. The number of anilines is 6. The molecule has 14 rings (SSSR count). The molecule has 2 nitrogen and oxygen atoms in total. The van der Waals surface area contributed by atoms with Crippen LogP contribution in [0.25, 0.3) is 74.7 Å². The number of hydrogen-bond donors (Lipinski definition) is 0. The van der Waals surface area contributed by atoms with E-state index < -0.39 is 0 Å². The molecule has 1 aromatic heterocycles. The van der Waals surface area contributed by atoms with Crippen molar-refractivity contribution < 1.29 is 0 Å². The van der Waals surface area contributed by atoms with Crippen molar-refractivity contribution in [2.24, 2.45) is 0 Å². The van der Waals surface area contributed by atoms with Crippen LogP contribution in [0.4, 0.5) is 33.4 Å². The van der Waals surface area contributed by atoms with Crippen LogP contribution >= 0.6 is 11.3 Å². The van der Waals surface area contributed by atoms with E-state index >= 15 is 0 Å². The molecular weight excluding hydrogens is 816 g/mol. The van der Waals surface area contributed by atoms with Gasteiger partial charge in [-0.3, -0.25) is 0 Å². The molecule has 2 aliphatic heterocycles. The second-order valence-corrected chi connectivity index (χ2v) is 20.2. The summed E-state index contributed by atoms with van der Waals surface area (Å²) in [5, 5.41) is 18.1. The van der Waals surface area contributed by atoms with Crippen molar-refractivity contribution in [1.29, 1.82) is 0 Å². The zero-order valence-corrected chi connectivity index (χ0v) is 38.2. The Kier molecular flexibility index (Phi) is 8.08. The summed E-state index contributed by atoms with van der Waals surface area (Å²) >= 11 is 1.95. The van der Waals surface area contributed by atoms with Crippen LogP contribution < -0.4 is 26.2 Å². The Labute approximate surface area is 389 Å². The number of thiophene rings is 1. The van der Waals surface area contributed by atoms with E-state index in [4.69, 9.17) is 0 Å². The van der Waals surface area contributed by atoms with E-state index in [1.54, 1.807) is 0 Å². The van der Waals surface area contributed by atoms with E-state index in [0.717, 1.165) is 0 Å². The van der Waals surface area contributed by atoms with Crippen LogP contribution in [0, 0.1) is 0 Å². The molecule has 0 saturated heterocycles. The number of nitrogens with zero attached hydrogens (tertiary/aromatic N) is 2. The molecule has 12 aromatic rings. The predicted octanol–water partition coefficient (Wildman–Crippen LogP) is 16.1. The summed E-state index contributed by atoms with van der Waals surface area (Å²) in [6.07, 6.45) is 0. The molecular formula is C62H45BN2S. The van der Waals surface area contributed by atoms with Gasteiger partial charge in [-0.1, -0.05) is 167 Å². The second kappa shape index (κ2) is 14.1. The molecule has 0 amide bonds. The van der Waals surface area contributed by atoms with Gasteiger partial charge < -0.3 is 9.80 Å². The van der Waals surface area contributed by atoms with Crippen LogP contribution in [0.1, 0.15) is 50.7 Å². The summed E-state index contributed by atoms with van der Waals surface area (Å²) in [5.74, 6) is 0.800. The molecule has 0 atom stereocenters. The van der Waals surface area contributed by atoms with Crippen LogP contribution in [-0.4, -0.2) is 6.71 Å². The molecule has 0 fully saturated rings. The number of benzene rings is 11. The molecule has 312 valence electrons. The Balaban J connectivity index is 1.08. The predicted molar refractivity (Wildman–Crippen MR) is 289 cm³/mol. The van der Waals surface area contributed by atoms with Gasteiger partial charge in [0.2, 0.25) is 0 Å². The topological polar surface area (TPSA) is 6.48 Å². The highest BCUT2D eigenvalue weighted by Crippen LogP contribution is 2.50. The van der Waals surface area contributed by atoms with E-state index in [0.29, 0.717) is 11.8 Å². The van der Waals surface area contributed by atoms with E-state index in [1.165, 1.54) is 136 Å². The first kappa shape index (κ1) is 37.9. The zero-order chi connectivity index (χ0) is 43.9. The Morgan fingerprint density at radius 1 is 0.348 bits per heavy atom. The summed E-state index contributed by atoms with van der Waals surface area (Å²) in [6, 6.07) is 71.8. The van der Waals surface area contributed by atoms with Crippen LogP contribution in [0.2, 0.25) is 0 Å². The van der Waals surface area contributed by atoms with Gasteiger partial charge in [0.15, 0.2) is 0 Å². The molecule has 4 heteroatoms. The minimum Gasteiger partial charge on any atom is -0.311 e. The van der Waals surface area contributed by atoms with Gasteiger partial charge in [-0.25, -0.2) is 0 Å². The van der Waals surface area contributed by atoms with Crippen molar-refractivity contribution in [3.63, 3.8) is 0 Å². The first-order chi connectivity index (χ1) is 32.4. The molecule has 0 unspecified atom stereocenters. The standard InChI is InChI=1S/C62H45BN2S/c1-36(2)38-25-31-59-54(32-38)60-62(66-59)65(41-27-29-51-47-19-8-6-15-43(47)45-17-10-12-21-49(45)53(51)35-41)58-23-13-22-57-61(58)63(60)55-33-39(37(3)4)24-30-56(55)64(57)40-26-28-50-46-18-7-5-14-42(46)44-16-9-11-20-48(44)52(50)34-40/h5-37H,1-4H3. The molecule has 66 heavy (non-hydrogen) atoms. The fraction of sp³-hybridized carbons (Fsp3) is 0.0968. The largest absolute Gasteiger partial charge is 0.311 e. The van der Waals surface area contributed by atoms with Gasteiger partial charge in [0.25, 0.3) is 6.71 Å². The number of rotatable bonds is 4. The lowest BCUT2D eigenvalue weighted by Gasteiger charge is -2.43. The van der Waals surface area contributed by atoms with Crippen molar-refractivity contribution in [3.05, 3.63) is 199 Å². The van der Waals surface area contributed by atoms with E-state index in [-0.39, 0.29) is 6.71 Å². The van der Waals surface area contributed by atoms with Crippen LogP contribution in [0.3, 0.4) is 0 Å². The molecule has 0 aliphatic carbocycles. The van der Waals surface area contributed by atoms with Crippen LogP contribution in [-0.2, 0) is 0 Å². The molecule has 2 aliphatic rings. The normalized spacial score (nSPS) is 13.3. The highest BCUT2D eigenvalue weighted by atomic mass is 32.1. The summed E-state index contributed by atoms with van der Waals surface area (Å²) < 4.78 is 1.33. The molecule has 0 bridgehead atoms. The fourth-order valence-corrected chi connectivity index (χ4v) is 13.1. The van der Waals surface area contributed by atoms with E-state index in [2.05, 4.69) is 226 Å². The summed E-state index contributed by atoms with van der Waals surface area (Å²) in [6.45, 7) is 9.34. The maximum absolute atomic E-state index is 2.61. The molecule has 0 spiro atoms. The summed E-state index contributed by atoms with van der Waals surface area (Å²) in [5.41, 5.74) is 13.0. The SMILES string of the molecule is CC(C)c1ccc2c(c1)B1c3c(cccc3N(c3ccc4c5ccccc5c5ccccc5c4c3)c3sc4ccc(C(C)C)cc4c31)N2c1ccc2c3ccccc3c3ccccc3c2c1. The first-order valence-corrected chi connectivity index (χ1v) is 24.3. The number of hydrogen-bond acceptors (Lipinski definition) is 3. The van der Waals surface area contributed by atoms with Crippen molar-refractivity contribution in [2.45, 2.75) is 39.5 Å². The van der Waals surface area contributed by atoms with E-state index in [9.17, 15) is 0 Å². The lowest BCUT2D eigenvalue weighted by atomic mass is 9.33. The summed E-state index contributed by atoms with van der Waals surface area (Å²) in [7, 11) is 0. The monoisotopic (exact) mass is 860 g/mol. The molecule has 11 aromatic carbocycles. The Bertz CT molecular complexity index is 3980. The third kappa shape index (κ3) is 5.25. The first-order valence-electron chi connectivity index (χ1n) is 23.5. The molecule has 0 saturated carbocycles. The fourth-order valence-electron chi connectivity index (χ4n) is 11.8. The van der Waals surface area contributed by atoms with Crippen molar-refractivity contribution >= 4 is 143 Å². The smallest absolute Gasteiger partial charge is 0.254 e. The van der Waals surface area contributed by atoms with Gasteiger partial charge in [-0.05, 0) is 158 Å². The molecule has 0 N–H and O–H groups in total. The average molecular weight is 861 g/mol. The quantitative estimate of drug-likeness (QED) is 0.128. The Morgan fingerprint density at radius 3 is 1.30 bits per heavy atom. The average Bonchev–Trinajstić information content (AvgIpc) is 3.74. The Morgan fingerprint density at radius 2 is 0.788 bits per heavy atom. The Hall–Kier alpha value is -7.40. The summed E-state index contributed by atoms with van der Waals surface area (Å²) in [4.78, 5) is 5.19. The van der Waals surface area contributed by atoms with Crippen LogP contribution in [0.15, 0.2) is 188 Å². The van der Waals surface area contributed by atoms with Gasteiger partial charge in [0.1, 0.15) is 0 Å². The van der Waals surface area contributed by atoms with Gasteiger partial charge in [-0.2, -0.15) is 0 Å². The maximum Gasteiger partial charge on any atom is 0.254 e. The minimum absolute atomic E-state index is 0.0408. The third-order valence-corrected chi connectivity index (χ3v) is 16.1. The van der Waals surface area contributed by atoms with Gasteiger partial charge in [0, 0.05) is 33.1 Å². The molecule has 3 heterocycles.